The Kier molecular flexibility index (Phi) is 7.11. The maximum Gasteiger partial charge on any atom is 0.246 e. The van der Waals surface area contributed by atoms with Gasteiger partial charge in [0.2, 0.25) is 11.8 Å². The van der Waals surface area contributed by atoms with E-state index in [1.54, 1.807) is 4.90 Å². The molecule has 6 nitrogen and oxygen atoms in total. The van der Waals surface area contributed by atoms with Crippen molar-refractivity contribution in [2.24, 2.45) is 5.92 Å². The fourth-order valence-electron chi connectivity index (χ4n) is 2.42. The first kappa shape index (κ1) is 17.9. The first-order chi connectivity index (χ1) is 9.88. The van der Waals surface area contributed by atoms with Crippen LogP contribution in [0.3, 0.4) is 0 Å². The topological polar surface area (TPSA) is 61.9 Å². The third-order valence-electron chi connectivity index (χ3n) is 3.74. The number of nitrogens with one attached hydrogen (secondary N) is 1. The summed E-state index contributed by atoms with van der Waals surface area (Å²) in [5, 5.41) is 2.84. The third kappa shape index (κ3) is 4.97. The number of hydrogen-bond acceptors (Lipinski definition) is 4. The summed E-state index contributed by atoms with van der Waals surface area (Å²) >= 11 is 0. The first-order valence-electron chi connectivity index (χ1n) is 7.71. The van der Waals surface area contributed by atoms with Gasteiger partial charge in [0.25, 0.3) is 0 Å². The SMILES string of the molecule is CCC1C(=O)NC(C(C)C)C(=O)N1CCOCCN(C)C. The van der Waals surface area contributed by atoms with Crippen molar-refractivity contribution in [1.29, 1.82) is 0 Å². The lowest BCUT2D eigenvalue weighted by Crippen LogP contribution is -2.65. The predicted octanol–water partition coefficient (Wildman–Crippen LogP) is 0.326. The van der Waals surface area contributed by atoms with Crippen LogP contribution in [0.4, 0.5) is 0 Å². The van der Waals surface area contributed by atoms with Gasteiger partial charge in [0.15, 0.2) is 0 Å². The molecule has 0 radical (unpaired) electrons. The van der Waals surface area contributed by atoms with Gasteiger partial charge in [-0.3, -0.25) is 9.59 Å². The zero-order valence-corrected chi connectivity index (χ0v) is 13.9. The van der Waals surface area contributed by atoms with Crippen molar-refractivity contribution >= 4 is 11.8 Å². The van der Waals surface area contributed by atoms with Gasteiger partial charge >= 0.3 is 0 Å². The van der Waals surface area contributed by atoms with Crippen LogP contribution in [0.1, 0.15) is 27.2 Å². The standard InChI is InChI=1S/C15H29N3O3/c1-6-12-14(19)16-13(11(2)3)15(20)18(12)8-10-21-9-7-17(4)5/h11-13H,6-10H2,1-5H3,(H,16,19). The molecule has 1 heterocycles. The fourth-order valence-corrected chi connectivity index (χ4v) is 2.42. The van der Waals surface area contributed by atoms with Crippen LogP contribution in [0, 0.1) is 5.92 Å². The predicted molar refractivity (Wildman–Crippen MR) is 81.9 cm³/mol. The zero-order chi connectivity index (χ0) is 16.0. The van der Waals surface area contributed by atoms with E-state index < -0.39 is 6.04 Å². The van der Waals surface area contributed by atoms with Crippen LogP contribution in [0.5, 0.6) is 0 Å². The van der Waals surface area contributed by atoms with Gasteiger partial charge in [-0.15, -0.1) is 0 Å². The van der Waals surface area contributed by atoms with E-state index in [-0.39, 0.29) is 23.8 Å². The second kappa shape index (κ2) is 8.34. The third-order valence-corrected chi connectivity index (χ3v) is 3.74. The van der Waals surface area contributed by atoms with Gasteiger partial charge < -0.3 is 19.9 Å². The lowest BCUT2D eigenvalue weighted by Gasteiger charge is -2.40. The molecule has 2 atom stereocenters. The summed E-state index contributed by atoms with van der Waals surface area (Å²) in [6.45, 7) is 8.23. The molecule has 2 amide bonds. The van der Waals surface area contributed by atoms with Crippen LogP contribution in [0.15, 0.2) is 0 Å². The normalized spacial score (nSPS) is 23.1. The zero-order valence-electron chi connectivity index (χ0n) is 13.9. The summed E-state index contributed by atoms with van der Waals surface area (Å²) in [5.41, 5.74) is 0. The Hall–Kier alpha value is -1.14. The fraction of sp³-hybridized carbons (Fsp3) is 0.867. The van der Waals surface area contributed by atoms with Crippen molar-refractivity contribution in [3.05, 3.63) is 0 Å². The molecule has 0 aromatic rings. The van der Waals surface area contributed by atoms with Crippen LogP contribution in [-0.2, 0) is 14.3 Å². The molecule has 0 aromatic heterocycles. The van der Waals surface area contributed by atoms with Gasteiger partial charge in [0.05, 0.1) is 13.2 Å². The molecule has 0 spiro atoms. The number of carbonyl (C=O) groups excluding carboxylic acids is 2. The van der Waals surface area contributed by atoms with Crippen molar-refractivity contribution in [2.45, 2.75) is 39.3 Å². The van der Waals surface area contributed by atoms with Crippen LogP contribution in [-0.4, -0.2) is 74.1 Å². The van der Waals surface area contributed by atoms with Crippen LogP contribution in [0.25, 0.3) is 0 Å². The Morgan fingerprint density at radius 3 is 2.48 bits per heavy atom. The van der Waals surface area contributed by atoms with Gasteiger partial charge in [-0.1, -0.05) is 20.8 Å². The minimum absolute atomic E-state index is 0.00709. The molecule has 0 aliphatic carbocycles. The van der Waals surface area contributed by atoms with Crippen molar-refractivity contribution in [3.8, 4) is 0 Å². The molecule has 6 heteroatoms. The van der Waals surface area contributed by atoms with E-state index in [0.717, 1.165) is 6.54 Å². The summed E-state index contributed by atoms with van der Waals surface area (Å²) in [5.74, 6) is 0.0492. The maximum atomic E-state index is 12.5. The summed E-state index contributed by atoms with van der Waals surface area (Å²) in [7, 11) is 3.98. The number of piperazine rings is 1. The number of carbonyl (C=O) groups is 2. The lowest BCUT2D eigenvalue weighted by molar-refractivity contribution is -0.151. The number of likely N-dealkylation sites (N-methyl/N-ethyl adjacent to an activating group) is 1. The average Bonchev–Trinajstić information content (AvgIpc) is 2.41. The van der Waals surface area contributed by atoms with Crippen molar-refractivity contribution < 1.29 is 14.3 Å². The average molecular weight is 299 g/mol. The van der Waals surface area contributed by atoms with Crippen LogP contribution in [0.2, 0.25) is 0 Å². The molecule has 0 bridgehead atoms. The molecule has 2 unspecified atom stereocenters. The molecule has 21 heavy (non-hydrogen) atoms. The molecule has 1 fully saturated rings. The molecular formula is C15H29N3O3. The Morgan fingerprint density at radius 2 is 1.95 bits per heavy atom. The Morgan fingerprint density at radius 1 is 1.29 bits per heavy atom. The van der Waals surface area contributed by atoms with E-state index in [4.69, 9.17) is 4.74 Å². The van der Waals surface area contributed by atoms with E-state index in [9.17, 15) is 9.59 Å². The molecule has 1 saturated heterocycles. The summed E-state index contributed by atoms with van der Waals surface area (Å²) in [4.78, 5) is 28.3. The van der Waals surface area contributed by atoms with Gasteiger partial charge in [0.1, 0.15) is 12.1 Å². The Bertz CT molecular complexity index is 358. The largest absolute Gasteiger partial charge is 0.378 e. The van der Waals surface area contributed by atoms with E-state index in [2.05, 4.69) is 5.32 Å². The number of nitrogens with zero attached hydrogens (tertiary/aromatic N) is 2. The van der Waals surface area contributed by atoms with Gasteiger partial charge in [-0.05, 0) is 26.4 Å². The monoisotopic (exact) mass is 299 g/mol. The number of rotatable bonds is 8. The lowest BCUT2D eigenvalue weighted by atomic mass is 9.97. The van der Waals surface area contributed by atoms with Gasteiger partial charge in [0, 0.05) is 13.1 Å². The summed E-state index contributed by atoms with van der Waals surface area (Å²) in [6.07, 6.45) is 0.625. The van der Waals surface area contributed by atoms with E-state index in [1.807, 2.05) is 39.8 Å². The van der Waals surface area contributed by atoms with Crippen molar-refractivity contribution in [2.75, 3.05) is 40.4 Å². The second-order valence-corrected chi connectivity index (χ2v) is 6.10. The van der Waals surface area contributed by atoms with Gasteiger partial charge in [-0.2, -0.15) is 0 Å². The molecule has 1 aliphatic rings. The minimum atomic E-state index is -0.415. The molecule has 122 valence electrons. The Balaban J connectivity index is 2.57. The van der Waals surface area contributed by atoms with Gasteiger partial charge in [-0.25, -0.2) is 0 Å². The smallest absolute Gasteiger partial charge is 0.246 e. The van der Waals surface area contributed by atoms with E-state index in [1.165, 1.54) is 0 Å². The summed E-state index contributed by atoms with van der Waals surface area (Å²) in [6, 6.07) is -0.785. The second-order valence-electron chi connectivity index (χ2n) is 6.10. The molecular weight excluding hydrogens is 270 g/mol. The highest BCUT2D eigenvalue weighted by Gasteiger charge is 2.40. The van der Waals surface area contributed by atoms with Crippen LogP contribution >= 0.6 is 0 Å². The number of ether oxygens (including phenoxy) is 1. The Labute approximate surface area is 127 Å². The van der Waals surface area contributed by atoms with E-state index in [0.29, 0.717) is 26.2 Å². The highest BCUT2D eigenvalue weighted by molar-refractivity contribution is 5.97. The molecule has 0 aromatic carbocycles. The quantitative estimate of drug-likeness (QED) is 0.656. The number of amides is 2. The van der Waals surface area contributed by atoms with Crippen molar-refractivity contribution in [1.82, 2.24) is 15.1 Å². The minimum Gasteiger partial charge on any atom is -0.378 e. The van der Waals surface area contributed by atoms with Crippen LogP contribution < -0.4 is 5.32 Å². The molecule has 1 aliphatic heterocycles. The highest BCUT2D eigenvalue weighted by atomic mass is 16.5. The maximum absolute atomic E-state index is 12.5. The summed E-state index contributed by atoms with van der Waals surface area (Å²) < 4.78 is 5.55. The molecule has 0 saturated carbocycles. The molecule has 1 rings (SSSR count). The van der Waals surface area contributed by atoms with E-state index >= 15 is 0 Å². The highest BCUT2D eigenvalue weighted by Crippen LogP contribution is 2.17. The first-order valence-corrected chi connectivity index (χ1v) is 7.71. The molecule has 1 N–H and O–H groups in total. The number of hydrogen-bond donors (Lipinski definition) is 1. The van der Waals surface area contributed by atoms with Crippen molar-refractivity contribution in [3.63, 3.8) is 0 Å².